The summed E-state index contributed by atoms with van der Waals surface area (Å²) in [6, 6.07) is 9.15. The van der Waals surface area contributed by atoms with E-state index in [1.807, 2.05) is 0 Å². The molecule has 0 aromatic heterocycles. The smallest absolute Gasteiger partial charge is 0.0845 e. The summed E-state index contributed by atoms with van der Waals surface area (Å²) in [5, 5.41) is 3.69. The number of rotatable bonds is 9. The number of benzene rings is 1. The summed E-state index contributed by atoms with van der Waals surface area (Å²) in [6.07, 6.45) is 3.21. The van der Waals surface area contributed by atoms with E-state index in [0.29, 0.717) is 0 Å². The second kappa shape index (κ2) is 8.43. The molecule has 1 N–H and O–H groups in total. The van der Waals surface area contributed by atoms with Gasteiger partial charge in [0.2, 0.25) is 0 Å². The Kier molecular flexibility index (Phi) is 7.25. The number of hydrogen-bond donors (Lipinski definition) is 1. The molecule has 2 unspecified atom stereocenters. The van der Waals surface area contributed by atoms with Gasteiger partial charge in [-0.3, -0.25) is 0 Å². The van der Waals surface area contributed by atoms with E-state index in [1.54, 1.807) is 0 Å². The zero-order chi connectivity index (χ0) is 15.0. The van der Waals surface area contributed by atoms with E-state index in [9.17, 15) is 0 Å². The Hall–Kier alpha value is -0.860. The summed E-state index contributed by atoms with van der Waals surface area (Å²) in [6.45, 7) is 12.7. The predicted molar refractivity (Wildman–Crippen MR) is 87.2 cm³/mol. The minimum absolute atomic E-state index is 0.156. The normalized spacial score (nSPS) is 15.8. The number of ether oxygens (including phenoxy) is 1. The van der Waals surface area contributed by atoms with Gasteiger partial charge in [-0.2, -0.15) is 0 Å². The van der Waals surface area contributed by atoms with Crippen molar-refractivity contribution >= 4 is 0 Å². The molecule has 1 rings (SSSR count). The lowest BCUT2D eigenvalue weighted by Gasteiger charge is -2.38. The average molecular weight is 277 g/mol. The highest BCUT2D eigenvalue weighted by atomic mass is 16.5. The minimum atomic E-state index is -0.156. The molecule has 0 amide bonds. The fraction of sp³-hybridized carbons (Fsp3) is 0.667. The van der Waals surface area contributed by atoms with E-state index in [0.717, 1.165) is 32.4 Å². The molecule has 2 nitrogen and oxygen atoms in total. The lowest BCUT2D eigenvalue weighted by Crippen LogP contribution is -2.44. The molecule has 0 heterocycles. The van der Waals surface area contributed by atoms with Crippen LogP contribution in [0.5, 0.6) is 0 Å². The summed E-state index contributed by atoms with van der Waals surface area (Å²) in [5.41, 5.74) is 2.58. The Morgan fingerprint density at radius 2 is 1.95 bits per heavy atom. The Bertz CT molecular complexity index is 391. The van der Waals surface area contributed by atoms with Crippen LogP contribution < -0.4 is 5.32 Å². The summed E-state index contributed by atoms with van der Waals surface area (Å²) < 4.78 is 6.10. The lowest BCUT2D eigenvalue weighted by molar-refractivity contribution is -0.0563. The van der Waals surface area contributed by atoms with Crippen LogP contribution in [0.25, 0.3) is 0 Å². The van der Waals surface area contributed by atoms with Crippen LogP contribution in [-0.2, 0) is 11.2 Å². The number of nitrogens with one attached hydrogen (secondary N) is 1. The molecule has 0 aliphatic carbocycles. The van der Waals surface area contributed by atoms with Gasteiger partial charge in [0.05, 0.1) is 11.6 Å². The van der Waals surface area contributed by atoms with Gasteiger partial charge in [0.25, 0.3) is 0 Å². The van der Waals surface area contributed by atoms with E-state index >= 15 is 0 Å². The van der Waals surface area contributed by atoms with Gasteiger partial charge in [-0.15, -0.1) is 0 Å². The van der Waals surface area contributed by atoms with Crippen LogP contribution >= 0.6 is 0 Å². The third kappa shape index (κ3) is 4.32. The van der Waals surface area contributed by atoms with Crippen LogP contribution in [0, 0.1) is 0 Å². The van der Waals surface area contributed by atoms with Gasteiger partial charge >= 0.3 is 0 Å². The summed E-state index contributed by atoms with van der Waals surface area (Å²) in [5.74, 6) is 0. The summed E-state index contributed by atoms with van der Waals surface area (Å²) in [7, 11) is 0. The van der Waals surface area contributed by atoms with Gasteiger partial charge in [0.1, 0.15) is 0 Å². The molecule has 20 heavy (non-hydrogen) atoms. The average Bonchev–Trinajstić information content (AvgIpc) is 2.48. The molecular weight excluding hydrogens is 246 g/mol. The van der Waals surface area contributed by atoms with Gasteiger partial charge in [-0.05, 0) is 50.8 Å². The number of aryl methyl sites for hydroxylation is 1. The van der Waals surface area contributed by atoms with E-state index in [4.69, 9.17) is 4.74 Å². The van der Waals surface area contributed by atoms with Crippen LogP contribution in [0.4, 0.5) is 0 Å². The molecular formula is C18H31NO. The van der Waals surface area contributed by atoms with Gasteiger partial charge < -0.3 is 10.1 Å². The molecule has 0 radical (unpaired) electrons. The van der Waals surface area contributed by atoms with Crippen molar-refractivity contribution in [3.8, 4) is 0 Å². The highest BCUT2D eigenvalue weighted by Gasteiger charge is 2.34. The SMILES string of the molecule is CCCNC(c1cccc(CC)c1)C(C)(CC)OCC. The van der Waals surface area contributed by atoms with Crippen LogP contribution in [0.15, 0.2) is 24.3 Å². The predicted octanol–water partition coefficient (Wildman–Crippen LogP) is 4.49. The highest BCUT2D eigenvalue weighted by Crippen LogP contribution is 2.32. The molecule has 2 atom stereocenters. The molecule has 0 saturated heterocycles. The van der Waals surface area contributed by atoms with Crippen LogP contribution in [0.2, 0.25) is 0 Å². The monoisotopic (exact) mass is 277 g/mol. The third-order valence-electron chi connectivity index (χ3n) is 4.08. The molecule has 0 fully saturated rings. The summed E-state index contributed by atoms with van der Waals surface area (Å²) in [4.78, 5) is 0. The maximum atomic E-state index is 6.10. The molecule has 0 spiro atoms. The van der Waals surface area contributed by atoms with Crippen molar-refractivity contribution in [2.45, 2.75) is 65.5 Å². The molecule has 1 aromatic rings. The molecule has 1 aromatic carbocycles. The third-order valence-corrected chi connectivity index (χ3v) is 4.08. The zero-order valence-electron chi connectivity index (χ0n) is 13.8. The van der Waals surface area contributed by atoms with Crippen molar-refractivity contribution < 1.29 is 4.74 Å². The highest BCUT2D eigenvalue weighted by molar-refractivity contribution is 5.28. The van der Waals surface area contributed by atoms with Gasteiger partial charge in [0.15, 0.2) is 0 Å². The van der Waals surface area contributed by atoms with Crippen molar-refractivity contribution in [2.75, 3.05) is 13.2 Å². The van der Waals surface area contributed by atoms with Gasteiger partial charge in [-0.25, -0.2) is 0 Å². The van der Waals surface area contributed by atoms with Crippen molar-refractivity contribution in [2.24, 2.45) is 0 Å². The van der Waals surface area contributed by atoms with Crippen molar-refractivity contribution in [3.63, 3.8) is 0 Å². The maximum absolute atomic E-state index is 6.10. The first kappa shape index (κ1) is 17.2. The Balaban J connectivity index is 3.08. The van der Waals surface area contributed by atoms with E-state index in [2.05, 4.69) is 64.2 Å². The fourth-order valence-corrected chi connectivity index (χ4v) is 2.69. The van der Waals surface area contributed by atoms with Crippen molar-refractivity contribution in [1.82, 2.24) is 5.32 Å². The first-order chi connectivity index (χ1) is 9.61. The first-order valence-corrected chi connectivity index (χ1v) is 8.07. The molecule has 2 heteroatoms. The fourth-order valence-electron chi connectivity index (χ4n) is 2.69. The van der Waals surface area contributed by atoms with Crippen molar-refractivity contribution in [3.05, 3.63) is 35.4 Å². The Morgan fingerprint density at radius 1 is 1.20 bits per heavy atom. The minimum Gasteiger partial charge on any atom is -0.374 e. The van der Waals surface area contributed by atoms with E-state index in [-0.39, 0.29) is 11.6 Å². The molecule has 0 aliphatic heterocycles. The Morgan fingerprint density at radius 3 is 2.50 bits per heavy atom. The Labute approximate surface area is 124 Å². The summed E-state index contributed by atoms with van der Waals surface area (Å²) >= 11 is 0. The lowest BCUT2D eigenvalue weighted by atomic mass is 9.86. The van der Waals surface area contributed by atoms with Crippen molar-refractivity contribution in [1.29, 1.82) is 0 Å². The standard InChI is InChI=1S/C18H31NO/c1-6-13-19-17(18(5,8-3)20-9-4)16-12-10-11-15(7-2)14-16/h10-12,14,17,19H,6-9,13H2,1-5H3. The molecule has 0 bridgehead atoms. The number of hydrogen-bond acceptors (Lipinski definition) is 2. The van der Waals surface area contributed by atoms with E-state index < -0.39 is 0 Å². The van der Waals surface area contributed by atoms with E-state index in [1.165, 1.54) is 11.1 Å². The molecule has 114 valence electrons. The molecule has 0 saturated carbocycles. The second-order valence-corrected chi connectivity index (χ2v) is 5.58. The maximum Gasteiger partial charge on any atom is 0.0845 e. The largest absolute Gasteiger partial charge is 0.374 e. The topological polar surface area (TPSA) is 21.3 Å². The first-order valence-electron chi connectivity index (χ1n) is 8.07. The second-order valence-electron chi connectivity index (χ2n) is 5.58. The van der Waals surface area contributed by atoms with Gasteiger partial charge in [0, 0.05) is 6.61 Å². The zero-order valence-corrected chi connectivity index (χ0v) is 13.8. The van der Waals surface area contributed by atoms with Crippen LogP contribution in [-0.4, -0.2) is 18.8 Å². The molecule has 0 aliphatic rings. The quantitative estimate of drug-likeness (QED) is 0.718. The van der Waals surface area contributed by atoms with Crippen LogP contribution in [0.1, 0.15) is 64.6 Å². The van der Waals surface area contributed by atoms with Crippen LogP contribution in [0.3, 0.4) is 0 Å². The van der Waals surface area contributed by atoms with Gasteiger partial charge in [-0.1, -0.05) is 45.0 Å².